The first-order valence-corrected chi connectivity index (χ1v) is 10.8. The minimum absolute atomic E-state index is 0.130. The van der Waals surface area contributed by atoms with Crippen LogP contribution in [0, 0.1) is 11.3 Å². The SMILES string of the molecule is COC(=O)[C@H](CC(C)C)NC(=O)c1cccc2c(C(=N)N)cn(CC(=O)Nc3cccnc3)c12. The molecule has 0 fully saturated rings. The Kier molecular flexibility index (Phi) is 7.62. The average Bonchev–Trinajstić information content (AvgIpc) is 3.17. The number of carbonyl (C=O) groups is 3. The normalized spacial score (nSPS) is 11.8. The Morgan fingerprint density at radius 2 is 1.94 bits per heavy atom. The lowest BCUT2D eigenvalue weighted by molar-refractivity contribution is -0.143. The van der Waals surface area contributed by atoms with Crippen LogP contribution in [0.3, 0.4) is 0 Å². The highest BCUT2D eigenvalue weighted by Crippen LogP contribution is 2.25. The topological polar surface area (TPSA) is 152 Å². The van der Waals surface area contributed by atoms with Gasteiger partial charge in [0.2, 0.25) is 5.91 Å². The number of nitrogens with one attached hydrogen (secondary N) is 3. The molecule has 3 rings (SSSR count). The lowest BCUT2D eigenvalue weighted by Crippen LogP contribution is -2.42. The molecule has 10 heteroatoms. The quantitative estimate of drug-likeness (QED) is 0.217. The van der Waals surface area contributed by atoms with Crippen molar-refractivity contribution in [1.29, 1.82) is 5.41 Å². The molecule has 0 radical (unpaired) electrons. The van der Waals surface area contributed by atoms with E-state index in [2.05, 4.69) is 15.6 Å². The second-order valence-corrected chi connectivity index (χ2v) is 8.25. The Morgan fingerprint density at radius 1 is 1.18 bits per heavy atom. The van der Waals surface area contributed by atoms with E-state index in [-0.39, 0.29) is 29.8 Å². The molecule has 34 heavy (non-hydrogen) atoms. The number of nitrogens with zero attached hydrogens (tertiary/aromatic N) is 2. The van der Waals surface area contributed by atoms with Crippen LogP contribution in [0.2, 0.25) is 0 Å². The van der Waals surface area contributed by atoms with Gasteiger partial charge in [0.1, 0.15) is 18.4 Å². The van der Waals surface area contributed by atoms with Crippen molar-refractivity contribution in [2.45, 2.75) is 32.9 Å². The fourth-order valence-electron chi connectivity index (χ4n) is 3.74. The van der Waals surface area contributed by atoms with Crippen molar-refractivity contribution in [2.24, 2.45) is 11.7 Å². The van der Waals surface area contributed by atoms with Gasteiger partial charge in [-0.3, -0.25) is 20.0 Å². The molecule has 1 atom stereocenters. The number of esters is 1. The van der Waals surface area contributed by atoms with Crippen molar-refractivity contribution in [3.05, 3.63) is 60.0 Å². The van der Waals surface area contributed by atoms with Gasteiger partial charge in [-0.05, 0) is 30.5 Å². The summed E-state index contributed by atoms with van der Waals surface area (Å²) < 4.78 is 6.42. The molecule has 0 aliphatic carbocycles. The van der Waals surface area contributed by atoms with E-state index >= 15 is 0 Å². The summed E-state index contributed by atoms with van der Waals surface area (Å²) in [6.45, 7) is 3.75. The van der Waals surface area contributed by atoms with E-state index in [1.165, 1.54) is 13.3 Å². The Bertz CT molecular complexity index is 1220. The van der Waals surface area contributed by atoms with E-state index < -0.39 is 17.9 Å². The zero-order valence-electron chi connectivity index (χ0n) is 19.3. The summed E-state index contributed by atoms with van der Waals surface area (Å²) in [6, 6.07) is 7.58. The summed E-state index contributed by atoms with van der Waals surface area (Å²) in [7, 11) is 1.27. The number of hydrogen-bond donors (Lipinski definition) is 4. The summed E-state index contributed by atoms with van der Waals surface area (Å²) in [5.74, 6) is -1.43. The van der Waals surface area contributed by atoms with Gasteiger partial charge in [0.05, 0.1) is 30.1 Å². The number of aromatic nitrogens is 2. The van der Waals surface area contributed by atoms with Gasteiger partial charge in [-0.2, -0.15) is 0 Å². The van der Waals surface area contributed by atoms with Crippen molar-refractivity contribution in [3.8, 4) is 0 Å². The molecule has 0 aliphatic heterocycles. The number of nitrogen functional groups attached to an aromatic ring is 1. The van der Waals surface area contributed by atoms with Crippen LogP contribution in [-0.2, 0) is 20.9 Å². The minimum atomic E-state index is -0.822. The third kappa shape index (κ3) is 5.58. The molecule has 0 spiro atoms. The molecule has 0 saturated heterocycles. The van der Waals surface area contributed by atoms with Gasteiger partial charge in [0.25, 0.3) is 5.91 Å². The second kappa shape index (κ2) is 10.6. The first-order valence-electron chi connectivity index (χ1n) is 10.8. The molecule has 3 aromatic rings. The van der Waals surface area contributed by atoms with Crippen LogP contribution in [0.25, 0.3) is 10.9 Å². The van der Waals surface area contributed by atoms with Gasteiger partial charge < -0.3 is 25.7 Å². The number of anilines is 1. The molecule has 0 aliphatic rings. The number of hydrogen-bond acceptors (Lipinski definition) is 6. The molecule has 178 valence electrons. The van der Waals surface area contributed by atoms with Crippen LogP contribution in [0.15, 0.2) is 48.9 Å². The summed E-state index contributed by atoms with van der Waals surface area (Å²) in [5, 5.41) is 14.0. The van der Waals surface area contributed by atoms with Gasteiger partial charge in [0.15, 0.2) is 0 Å². The molecule has 5 N–H and O–H groups in total. The number of nitrogens with two attached hydrogens (primary N) is 1. The molecule has 0 unspecified atom stereocenters. The molecular formula is C24H28N6O4. The zero-order chi connectivity index (χ0) is 24.8. The van der Waals surface area contributed by atoms with Gasteiger partial charge in [-0.15, -0.1) is 0 Å². The van der Waals surface area contributed by atoms with E-state index in [0.29, 0.717) is 28.6 Å². The van der Waals surface area contributed by atoms with Crippen molar-refractivity contribution < 1.29 is 19.1 Å². The van der Waals surface area contributed by atoms with E-state index in [0.717, 1.165) is 0 Å². The standard InChI is InChI=1S/C24H28N6O4/c1-14(2)10-19(24(33)34-3)29-23(32)17-8-4-7-16-18(22(25)26)12-30(21(16)17)13-20(31)28-15-6-5-9-27-11-15/h4-9,11-12,14,19H,10,13H2,1-3H3,(H3,25,26)(H,28,31)(H,29,32)/t19-/m0/s1. The summed E-state index contributed by atoms with van der Waals surface area (Å²) in [6.07, 6.45) is 5.09. The lowest BCUT2D eigenvalue weighted by Gasteiger charge is -2.19. The second-order valence-electron chi connectivity index (χ2n) is 8.25. The Hall–Kier alpha value is -4.21. The lowest BCUT2D eigenvalue weighted by atomic mass is 10.0. The number of carbonyl (C=O) groups excluding carboxylic acids is 3. The van der Waals surface area contributed by atoms with Gasteiger partial charge >= 0.3 is 5.97 Å². The molecule has 0 saturated carbocycles. The molecule has 10 nitrogen and oxygen atoms in total. The first kappa shape index (κ1) is 24.4. The van der Waals surface area contributed by atoms with Crippen molar-refractivity contribution in [3.63, 3.8) is 0 Å². The van der Waals surface area contributed by atoms with Crippen LogP contribution in [-0.4, -0.2) is 46.3 Å². The van der Waals surface area contributed by atoms with Crippen molar-refractivity contribution in [2.75, 3.05) is 12.4 Å². The maximum Gasteiger partial charge on any atom is 0.328 e. The van der Waals surface area contributed by atoms with E-state index in [1.54, 1.807) is 47.3 Å². The number of methoxy groups -OCH3 is 1. The number of fused-ring (bicyclic) bond motifs is 1. The first-order chi connectivity index (χ1) is 16.2. The molecule has 1 aromatic carbocycles. The summed E-state index contributed by atoms with van der Waals surface area (Å²) in [4.78, 5) is 42.1. The monoisotopic (exact) mass is 464 g/mol. The van der Waals surface area contributed by atoms with Crippen molar-refractivity contribution >= 4 is 40.2 Å². The van der Waals surface area contributed by atoms with E-state index in [4.69, 9.17) is 15.9 Å². The molecular weight excluding hydrogens is 436 g/mol. The summed E-state index contributed by atoms with van der Waals surface area (Å²) in [5.41, 5.74) is 7.37. The third-order valence-corrected chi connectivity index (χ3v) is 5.19. The molecule has 2 aromatic heterocycles. The molecule has 0 bridgehead atoms. The highest BCUT2D eigenvalue weighted by Gasteiger charge is 2.25. The Labute approximate surface area is 197 Å². The fourth-order valence-corrected chi connectivity index (χ4v) is 3.74. The fraction of sp³-hybridized carbons (Fsp3) is 0.292. The number of para-hydroxylation sites is 1. The maximum absolute atomic E-state index is 13.3. The predicted molar refractivity (Wildman–Crippen MR) is 129 cm³/mol. The van der Waals surface area contributed by atoms with Gasteiger partial charge in [-0.1, -0.05) is 26.0 Å². The number of pyridine rings is 1. The highest BCUT2D eigenvalue weighted by molar-refractivity contribution is 6.14. The van der Waals surface area contributed by atoms with Crippen LogP contribution in [0.4, 0.5) is 5.69 Å². The Balaban J connectivity index is 1.98. The predicted octanol–water partition coefficient (Wildman–Crippen LogP) is 2.28. The van der Waals surface area contributed by atoms with Gasteiger partial charge in [-0.25, -0.2) is 4.79 Å². The zero-order valence-corrected chi connectivity index (χ0v) is 19.3. The number of rotatable bonds is 9. The van der Waals surface area contributed by atoms with Crippen LogP contribution < -0.4 is 16.4 Å². The van der Waals surface area contributed by atoms with Gasteiger partial charge in [0, 0.05) is 23.3 Å². The van der Waals surface area contributed by atoms with Crippen LogP contribution in [0.5, 0.6) is 0 Å². The number of amides is 2. The largest absolute Gasteiger partial charge is 0.467 e. The Morgan fingerprint density at radius 3 is 2.56 bits per heavy atom. The smallest absolute Gasteiger partial charge is 0.328 e. The minimum Gasteiger partial charge on any atom is -0.467 e. The van der Waals surface area contributed by atoms with E-state index in [9.17, 15) is 14.4 Å². The summed E-state index contributed by atoms with van der Waals surface area (Å²) >= 11 is 0. The molecule has 2 amide bonds. The highest BCUT2D eigenvalue weighted by atomic mass is 16.5. The average molecular weight is 465 g/mol. The number of ether oxygens (including phenoxy) is 1. The van der Waals surface area contributed by atoms with E-state index in [1.807, 2.05) is 13.8 Å². The van der Waals surface area contributed by atoms with Crippen molar-refractivity contribution in [1.82, 2.24) is 14.9 Å². The number of amidine groups is 1. The number of benzene rings is 1. The van der Waals surface area contributed by atoms with Crippen LogP contribution in [0.1, 0.15) is 36.2 Å². The van der Waals surface area contributed by atoms with Crippen LogP contribution >= 0.6 is 0 Å². The maximum atomic E-state index is 13.3. The molecule has 2 heterocycles. The third-order valence-electron chi connectivity index (χ3n) is 5.19.